The van der Waals surface area contributed by atoms with E-state index in [4.69, 9.17) is 25.7 Å². The van der Waals surface area contributed by atoms with Gasteiger partial charge in [-0.05, 0) is 61.7 Å². The van der Waals surface area contributed by atoms with Crippen molar-refractivity contribution in [1.82, 2.24) is 9.55 Å². The van der Waals surface area contributed by atoms with Crippen molar-refractivity contribution in [3.63, 3.8) is 0 Å². The van der Waals surface area contributed by atoms with Crippen LogP contribution in [0.5, 0.6) is 0 Å². The largest absolute Gasteiger partial charge is 0.463 e. The number of aryl methyl sites for hydroxylation is 1. The van der Waals surface area contributed by atoms with Crippen LogP contribution in [0, 0.1) is 5.41 Å². The van der Waals surface area contributed by atoms with Gasteiger partial charge < -0.3 is 25.2 Å². The van der Waals surface area contributed by atoms with Crippen LogP contribution < -0.4 is 11.1 Å². The quantitative estimate of drug-likeness (QED) is 0.115. The minimum atomic E-state index is -0.440. The number of nitrogens with one attached hydrogen (secondary N) is 2. The molecule has 1 heterocycles. The molecule has 5 rings (SSSR count). The van der Waals surface area contributed by atoms with Crippen molar-refractivity contribution in [3.05, 3.63) is 95.3 Å². The van der Waals surface area contributed by atoms with Gasteiger partial charge in [0.25, 0.3) is 0 Å². The summed E-state index contributed by atoms with van der Waals surface area (Å²) < 4.78 is 7.06. The molecular formula is C30H32N6O3. The van der Waals surface area contributed by atoms with Gasteiger partial charge in [0, 0.05) is 29.3 Å². The Bertz CT molecular complexity index is 1520. The molecule has 3 aromatic carbocycles. The second kappa shape index (κ2) is 11.0. The number of ether oxygens (including phenoxy) is 1. The zero-order valence-corrected chi connectivity index (χ0v) is 22.1. The molecule has 4 aromatic rings. The lowest BCUT2D eigenvalue weighted by Crippen LogP contribution is -2.23. The molecule has 0 saturated heterocycles. The van der Waals surface area contributed by atoms with Crippen molar-refractivity contribution >= 4 is 34.2 Å². The van der Waals surface area contributed by atoms with Crippen LogP contribution in [-0.2, 0) is 33.4 Å². The van der Waals surface area contributed by atoms with Gasteiger partial charge in [0.15, 0.2) is 0 Å². The second-order valence-electron chi connectivity index (χ2n) is 9.60. The van der Waals surface area contributed by atoms with E-state index in [0.29, 0.717) is 18.7 Å². The smallest absolute Gasteiger partial charge is 0.347 e. The molecule has 39 heavy (non-hydrogen) atoms. The first kappa shape index (κ1) is 26.0. The Morgan fingerprint density at radius 1 is 1.10 bits per heavy atom. The summed E-state index contributed by atoms with van der Waals surface area (Å²) in [5.41, 5.74) is 11.7. The third kappa shape index (κ3) is 5.47. The lowest BCUT2D eigenvalue weighted by molar-refractivity contribution is -0.148. The molecule has 9 heteroatoms. The summed E-state index contributed by atoms with van der Waals surface area (Å²) in [6.07, 6.45) is 1.85. The van der Waals surface area contributed by atoms with Crippen LogP contribution in [0.15, 0.2) is 78.0 Å². The Morgan fingerprint density at radius 3 is 2.51 bits per heavy atom. The Balaban J connectivity index is 1.40. The highest BCUT2D eigenvalue weighted by Crippen LogP contribution is 2.51. The number of nitrogens with zero attached hydrogens (tertiary/aromatic N) is 3. The van der Waals surface area contributed by atoms with Gasteiger partial charge in [0.2, 0.25) is 6.61 Å². The van der Waals surface area contributed by atoms with Gasteiger partial charge in [0.05, 0.1) is 29.9 Å². The first-order valence-electron chi connectivity index (χ1n) is 13.0. The first-order valence-corrected chi connectivity index (χ1v) is 13.0. The molecule has 0 unspecified atom stereocenters. The summed E-state index contributed by atoms with van der Waals surface area (Å²) in [4.78, 5) is 22.2. The van der Waals surface area contributed by atoms with Gasteiger partial charge in [-0.2, -0.15) is 0 Å². The van der Waals surface area contributed by atoms with Gasteiger partial charge in [0.1, 0.15) is 11.7 Å². The highest BCUT2D eigenvalue weighted by atomic mass is 16.7. The molecule has 1 saturated carbocycles. The number of nitrogens with two attached hydrogens (primary N) is 1. The third-order valence-electron chi connectivity index (χ3n) is 7.07. The zero-order chi connectivity index (χ0) is 27.4. The number of anilines is 1. The Kier molecular flexibility index (Phi) is 7.31. The van der Waals surface area contributed by atoms with Gasteiger partial charge in [-0.15, -0.1) is 0 Å². The second-order valence-corrected chi connectivity index (χ2v) is 9.60. The number of fused-ring (bicyclic) bond motifs is 1. The number of hydrogen-bond donors (Lipinski definition) is 3. The van der Waals surface area contributed by atoms with Crippen LogP contribution in [0.2, 0.25) is 0 Å². The molecule has 4 N–H and O–H groups in total. The third-order valence-corrected chi connectivity index (χ3v) is 7.07. The minimum absolute atomic E-state index is 0.0483. The molecule has 1 aliphatic rings. The molecule has 9 nitrogen and oxygen atoms in total. The van der Waals surface area contributed by atoms with Crippen molar-refractivity contribution in [1.29, 1.82) is 5.41 Å². The van der Waals surface area contributed by atoms with E-state index in [9.17, 15) is 4.79 Å². The number of esters is 1. The molecule has 1 aromatic heterocycles. The van der Waals surface area contributed by atoms with Crippen LogP contribution in [0.3, 0.4) is 0 Å². The summed E-state index contributed by atoms with van der Waals surface area (Å²) in [5, 5.41) is 15.4. The summed E-state index contributed by atoms with van der Waals surface area (Å²) >= 11 is 0. The number of carbonyl (C=O) groups excluding carboxylic acids is 1. The van der Waals surface area contributed by atoms with Crippen molar-refractivity contribution in [2.45, 2.75) is 31.7 Å². The highest BCUT2D eigenvalue weighted by molar-refractivity contribution is 6.10. The lowest BCUT2D eigenvalue weighted by atomic mass is 9.86. The van der Waals surface area contributed by atoms with E-state index in [1.54, 1.807) is 6.92 Å². The van der Waals surface area contributed by atoms with Crippen LogP contribution in [0.4, 0.5) is 5.69 Å². The Hall–Kier alpha value is -4.66. The van der Waals surface area contributed by atoms with Crippen molar-refractivity contribution in [3.8, 4) is 0 Å². The molecule has 0 atom stereocenters. The Labute approximate surface area is 227 Å². The maximum Gasteiger partial charge on any atom is 0.347 e. The number of benzene rings is 3. The fourth-order valence-corrected chi connectivity index (χ4v) is 4.81. The molecule has 0 amide bonds. The van der Waals surface area contributed by atoms with Gasteiger partial charge >= 0.3 is 5.97 Å². The molecule has 1 aliphatic carbocycles. The number of amidine groups is 1. The number of carbonyl (C=O) groups is 1. The zero-order valence-electron chi connectivity index (χ0n) is 22.1. The first-order chi connectivity index (χ1) is 18.9. The van der Waals surface area contributed by atoms with E-state index in [1.807, 2.05) is 61.6 Å². The summed E-state index contributed by atoms with van der Waals surface area (Å²) in [7, 11) is 2.01. The summed E-state index contributed by atoms with van der Waals surface area (Å²) in [5.74, 6) is 0.508. The van der Waals surface area contributed by atoms with E-state index < -0.39 is 5.97 Å². The van der Waals surface area contributed by atoms with Crippen LogP contribution in [0.25, 0.3) is 11.0 Å². The molecule has 0 radical (unpaired) electrons. The number of nitrogen functional groups attached to an aromatic ring is 1. The molecule has 1 fully saturated rings. The maximum absolute atomic E-state index is 11.8. The molecule has 200 valence electrons. The average Bonchev–Trinajstić information content (AvgIpc) is 3.69. The standard InChI is InChI=1S/C30H32N6O3/c1-3-38-27(37)19-39-35-28(20-7-5-4-6-8-20)30(15-16-30)22-11-14-25-24(17-22)34-26(36(25)2)18-33-23-12-9-21(10-13-23)29(31)32/h4-14,17,33H,3,15-16,18-19H2,1-2H3,(H3,31,32). The number of rotatable bonds is 11. The van der Waals surface area contributed by atoms with E-state index in [0.717, 1.165) is 52.2 Å². The van der Waals surface area contributed by atoms with E-state index in [1.165, 1.54) is 0 Å². The molecule has 0 bridgehead atoms. The normalized spacial score (nSPS) is 14.2. The predicted octanol–water partition coefficient (Wildman–Crippen LogP) is 4.49. The van der Waals surface area contributed by atoms with Crippen molar-refractivity contribution < 1.29 is 14.4 Å². The predicted molar refractivity (Wildman–Crippen MR) is 152 cm³/mol. The average molecular weight is 525 g/mol. The van der Waals surface area contributed by atoms with Crippen molar-refractivity contribution in [2.24, 2.45) is 17.9 Å². The monoisotopic (exact) mass is 524 g/mol. The van der Waals surface area contributed by atoms with Crippen LogP contribution in [-0.4, -0.2) is 40.3 Å². The SMILES string of the molecule is CCOC(=O)CON=C(c1ccccc1)C1(c2ccc3c(c2)nc(CNc2ccc(C(=N)N)cc2)n3C)CC1. The van der Waals surface area contributed by atoms with Crippen LogP contribution >= 0.6 is 0 Å². The number of oxime groups is 1. The maximum atomic E-state index is 11.8. The topological polar surface area (TPSA) is 128 Å². The fraction of sp³-hybridized carbons (Fsp3) is 0.267. The number of hydrogen-bond acceptors (Lipinski definition) is 7. The van der Waals surface area contributed by atoms with Crippen LogP contribution in [0.1, 0.15) is 42.3 Å². The molecule has 0 aliphatic heterocycles. The number of aromatic nitrogens is 2. The van der Waals surface area contributed by atoms with Crippen molar-refractivity contribution in [2.75, 3.05) is 18.5 Å². The lowest BCUT2D eigenvalue weighted by Gasteiger charge is -2.19. The fourth-order valence-electron chi connectivity index (χ4n) is 4.81. The minimum Gasteiger partial charge on any atom is -0.463 e. The van der Waals surface area contributed by atoms with Gasteiger partial charge in [-0.25, -0.2) is 9.78 Å². The Morgan fingerprint density at radius 2 is 1.85 bits per heavy atom. The van der Waals surface area contributed by atoms with E-state index in [2.05, 4.69) is 33.2 Å². The highest BCUT2D eigenvalue weighted by Gasteiger charge is 2.50. The summed E-state index contributed by atoms with van der Waals surface area (Å²) in [6.45, 7) is 2.38. The van der Waals surface area contributed by atoms with Gasteiger partial charge in [-0.3, -0.25) is 5.41 Å². The van der Waals surface area contributed by atoms with Gasteiger partial charge in [-0.1, -0.05) is 41.6 Å². The van der Waals surface area contributed by atoms with E-state index in [-0.39, 0.29) is 17.9 Å². The summed E-state index contributed by atoms with van der Waals surface area (Å²) in [6, 6.07) is 23.8. The number of imidazole rings is 1. The molecular weight excluding hydrogens is 492 g/mol. The molecule has 0 spiro atoms. The van der Waals surface area contributed by atoms with E-state index >= 15 is 0 Å².